The zero-order valence-corrected chi connectivity index (χ0v) is 7.96. The summed E-state index contributed by atoms with van der Waals surface area (Å²) < 4.78 is 10.6. The molecule has 1 aliphatic heterocycles. The lowest BCUT2D eigenvalue weighted by molar-refractivity contribution is 0.339. The van der Waals surface area contributed by atoms with Crippen molar-refractivity contribution in [1.29, 1.82) is 0 Å². The van der Waals surface area contributed by atoms with E-state index in [0.29, 0.717) is 12.3 Å². The molecule has 1 rings (SSSR count). The standard InChI is InChI=1S/C7H16NO3P/c9-12(10,11)6-3-7-1-4-8-5-2-7/h7-8H,1-6H2,(H2,9,10,11). The summed E-state index contributed by atoms with van der Waals surface area (Å²) in [5, 5.41) is 3.22. The third-order valence-corrected chi connectivity index (χ3v) is 3.13. The Balaban J connectivity index is 2.17. The Labute approximate surface area is 72.5 Å². The topological polar surface area (TPSA) is 69.6 Å². The van der Waals surface area contributed by atoms with Crippen molar-refractivity contribution in [2.24, 2.45) is 5.92 Å². The van der Waals surface area contributed by atoms with Crippen LogP contribution in [0.15, 0.2) is 0 Å². The van der Waals surface area contributed by atoms with E-state index in [-0.39, 0.29) is 6.16 Å². The molecule has 0 aromatic rings. The quantitative estimate of drug-likeness (QED) is 0.572. The molecule has 72 valence electrons. The van der Waals surface area contributed by atoms with Crippen LogP contribution in [0.1, 0.15) is 19.3 Å². The van der Waals surface area contributed by atoms with Gasteiger partial charge in [0, 0.05) is 0 Å². The molecule has 1 aliphatic rings. The SMILES string of the molecule is O=P(O)(O)CCC1CCNCC1. The molecule has 0 atom stereocenters. The van der Waals surface area contributed by atoms with Crippen molar-refractivity contribution >= 4 is 7.60 Å². The fourth-order valence-electron chi connectivity index (χ4n) is 1.52. The minimum atomic E-state index is -3.75. The number of hydrogen-bond acceptors (Lipinski definition) is 2. The first-order valence-corrected chi connectivity index (χ1v) is 6.13. The van der Waals surface area contributed by atoms with E-state index in [1.807, 2.05) is 0 Å². The van der Waals surface area contributed by atoms with Crippen LogP contribution in [0.4, 0.5) is 0 Å². The molecule has 0 unspecified atom stereocenters. The maximum Gasteiger partial charge on any atom is 0.325 e. The van der Waals surface area contributed by atoms with E-state index in [9.17, 15) is 4.57 Å². The number of nitrogens with one attached hydrogen (secondary N) is 1. The second kappa shape index (κ2) is 4.38. The van der Waals surface area contributed by atoms with Crippen molar-refractivity contribution in [1.82, 2.24) is 5.32 Å². The predicted octanol–water partition coefficient (Wildman–Crippen LogP) is 0.554. The highest BCUT2D eigenvalue weighted by Gasteiger charge is 2.18. The zero-order valence-electron chi connectivity index (χ0n) is 7.07. The molecule has 5 heteroatoms. The van der Waals surface area contributed by atoms with Crippen molar-refractivity contribution in [2.45, 2.75) is 19.3 Å². The first kappa shape index (κ1) is 10.2. The highest BCUT2D eigenvalue weighted by Crippen LogP contribution is 2.37. The Morgan fingerprint density at radius 1 is 1.33 bits per heavy atom. The van der Waals surface area contributed by atoms with Gasteiger partial charge in [0.1, 0.15) is 0 Å². The van der Waals surface area contributed by atoms with Gasteiger partial charge in [0.05, 0.1) is 6.16 Å². The molecule has 3 N–H and O–H groups in total. The van der Waals surface area contributed by atoms with Crippen LogP contribution in [0, 0.1) is 5.92 Å². The highest BCUT2D eigenvalue weighted by molar-refractivity contribution is 7.51. The van der Waals surface area contributed by atoms with Crippen LogP contribution in [0.2, 0.25) is 0 Å². The smallest absolute Gasteiger partial charge is 0.324 e. The number of piperidine rings is 1. The third-order valence-electron chi connectivity index (χ3n) is 2.29. The lowest BCUT2D eigenvalue weighted by Crippen LogP contribution is -2.28. The van der Waals surface area contributed by atoms with Gasteiger partial charge in [0.2, 0.25) is 0 Å². The molecule has 0 saturated carbocycles. The van der Waals surface area contributed by atoms with Gasteiger partial charge in [-0.05, 0) is 38.3 Å². The van der Waals surface area contributed by atoms with E-state index in [1.165, 1.54) is 0 Å². The van der Waals surface area contributed by atoms with Gasteiger partial charge in [-0.1, -0.05) is 0 Å². The van der Waals surface area contributed by atoms with Gasteiger partial charge in [-0.25, -0.2) is 0 Å². The molecule has 0 aliphatic carbocycles. The summed E-state index contributed by atoms with van der Waals surface area (Å²) in [6.07, 6.45) is 2.84. The van der Waals surface area contributed by atoms with Gasteiger partial charge in [0.15, 0.2) is 0 Å². The molecule has 1 heterocycles. The molecule has 12 heavy (non-hydrogen) atoms. The molecule has 0 amide bonds. The van der Waals surface area contributed by atoms with Crippen LogP contribution in [0.3, 0.4) is 0 Å². The average Bonchev–Trinajstić information content (AvgIpc) is 2.02. The molecule has 1 fully saturated rings. The Bertz CT molecular complexity index is 173. The van der Waals surface area contributed by atoms with Gasteiger partial charge < -0.3 is 15.1 Å². The summed E-state index contributed by atoms with van der Waals surface area (Å²) in [5.74, 6) is 0.513. The summed E-state index contributed by atoms with van der Waals surface area (Å²) >= 11 is 0. The Kier molecular flexibility index (Phi) is 3.72. The molecule has 0 bridgehead atoms. The molecule has 4 nitrogen and oxygen atoms in total. The Morgan fingerprint density at radius 2 is 1.92 bits per heavy atom. The van der Waals surface area contributed by atoms with Crippen molar-refractivity contribution in [3.63, 3.8) is 0 Å². The minimum absolute atomic E-state index is 0.0532. The van der Waals surface area contributed by atoms with E-state index in [2.05, 4.69) is 5.32 Å². The molecule has 0 aromatic heterocycles. The fraction of sp³-hybridized carbons (Fsp3) is 1.00. The second-order valence-corrected chi connectivity index (χ2v) is 5.15. The van der Waals surface area contributed by atoms with Gasteiger partial charge in [0.25, 0.3) is 0 Å². The summed E-state index contributed by atoms with van der Waals surface area (Å²) in [6.45, 7) is 1.98. The Hall–Kier alpha value is 0.110. The molecule has 1 saturated heterocycles. The van der Waals surface area contributed by atoms with E-state index in [0.717, 1.165) is 25.9 Å². The second-order valence-electron chi connectivity index (χ2n) is 3.37. The van der Waals surface area contributed by atoms with Crippen LogP contribution in [-0.2, 0) is 4.57 Å². The van der Waals surface area contributed by atoms with E-state index >= 15 is 0 Å². The molecular formula is C7H16NO3P. The average molecular weight is 193 g/mol. The van der Waals surface area contributed by atoms with Gasteiger partial charge in [-0.3, -0.25) is 4.57 Å². The Morgan fingerprint density at radius 3 is 2.42 bits per heavy atom. The van der Waals surface area contributed by atoms with Crippen molar-refractivity contribution in [3.05, 3.63) is 0 Å². The zero-order chi connectivity index (χ0) is 9.03. The lowest BCUT2D eigenvalue weighted by atomic mass is 9.96. The van der Waals surface area contributed by atoms with E-state index in [1.54, 1.807) is 0 Å². The summed E-state index contributed by atoms with van der Waals surface area (Å²) in [5.41, 5.74) is 0. The lowest BCUT2D eigenvalue weighted by Gasteiger charge is -2.22. The molecular weight excluding hydrogens is 177 g/mol. The van der Waals surface area contributed by atoms with Crippen LogP contribution < -0.4 is 5.32 Å². The number of hydrogen-bond donors (Lipinski definition) is 3. The molecule has 0 radical (unpaired) electrons. The predicted molar refractivity (Wildman–Crippen MR) is 47.1 cm³/mol. The van der Waals surface area contributed by atoms with Crippen LogP contribution in [0.5, 0.6) is 0 Å². The van der Waals surface area contributed by atoms with Crippen LogP contribution in [0.25, 0.3) is 0 Å². The minimum Gasteiger partial charge on any atom is -0.324 e. The van der Waals surface area contributed by atoms with Crippen molar-refractivity contribution in [3.8, 4) is 0 Å². The van der Waals surface area contributed by atoms with Crippen LogP contribution >= 0.6 is 7.60 Å². The first-order chi connectivity index (χ1) is 5.58. The van der Waals surface area contributed by atoms with E-state index < -0.39 is 7.60 Å². The fourth-order valence-corrected chi connectivity index (χ4v) is 2.22. The van der Waals surface area contributed by atoms with Crippen LogP contribution in [-0.4, -0.2) is 29.0 Å². The van der Waals surface area contributed by atoms with Gasteiger partial charge in [-0.15, -0.1) is 0 Å². The maximum absolute atomic E-state index is 10.6. The largest absolute Gasteiger partial charge is 0.325 e. The first-order valence-electron chi connectivity index (χ1n) is 4.33. The number of rotatable bonds is 3. The highest BCUT2D eigenvalue weighted by atomic mass is 31.2. The maximum atomic E-state index is 10.6. The van der Waals surface area contributed by atoms with Crippen molar-refractivity contribution in [2.75, 3.05) is 19.3 Å². The summed E-state index contributed by atoms with van der Waals surface area (Å²) in [7, 11) is -3.75. The van der Waals surface area contributed by atoms with Crippen molar-refractivity contribution < 1.29 is 14.4 Å². The monoisotopic (exact) mass is 193 g/mol. The van der Waals surface area contributed by atoms with Gasteiger partial charge >= 0.3 is 7.60 Å². The summed E-state index contributed by atoms with van der Waals surface area (Å²) in [6, 6.07) is 0. The normalized spacial score (nSPS) is 21.2. The van der Waals surface area contributed by atoms with Gasteiger partial charge in [-0.2, -0.15) is 0 Å². The van der Waals surface area contributed by atoms with E-state index in [4.69, 9.17) is 9.79 Å². The third kappa shape index (κ3) is 4.21. The summed E-state index contributed by atoms with van der Waals surface area (Å²) in [4.78, 5) is 17.3. The molecule has 0 aromatic carbocycles. The molecule has 0 spiro atoms.